The van der Waals surface area contributed by atoms with Crippen LogP contribution >= 0.6 is 7.60 Å². The van der Waals surface area contributed by atoms with E-state index in [2.05, 4.69) is 15.3 Å². The van der Waals surface area contributed by atoms with Crippen molar-refractivity contribution in [1.82, 2.24) is 9.97 Å². The zero-order valence-electron chi connectivity index (χ0n) is 13.9. The van der Waals surface area contributed by atoms with Gasteiger partial charge in [0.2, 0.25) is 5.95 Å². The van der Waals surface area contributed by atoms with Crippen molar-refractivity contribution in [2.24, 2.45) is 0 Å². The Hall–Kier alpha value is -1.61. The maximum Gasteiger partial charge on any atom is 0.330 e. The first-order chi connectivity index (χ1) is 11.5. The van der Waals surface area contributed by atoms with Crippen LogP contribution in [-0.4, -0.2) is 42.6 Å². The van der Waals surface area contributed by atoms with Gasteiger partial charge in [0.1, 0.15) is 12.4 Å². The second-order valence-electron chi connectivity index (χ2n) is 5.07. The van der Waals surface area contributed by atoms with Crippen molar-refractivity contribution in [3.05, 3.63) is 10.4 Å². The molecule has 4 N–H and O–H groups in total. The van der Waals surface area contributed by atoms with Gasteiger partial charge >= 0.3 is 7.60 Å². The minimum atomic E-state index is -3.01. The number of unbranched alkanes of at least 4 members (excludes halogenated alkanes) is 1. The standard InChI is InChI=1S/C13H24N5O5P/c1-3-22-24(20,23-4-2)8-6-5-7-21-18-9-15-10-11(18)16-13(14)17-12(10)19/h15H,3-9H2,1-2H3,(H3,14,16,17,19). The number of hydroxylamine groups is 1. The Balaban J connectivity index is 1.79. The van der Waals surface area contributed by atoms with Crippen LogP contribution in [0, 0.1) is 0 Å². The number of nitrogen functional groups attached to an aromatic ring is 1. The van der Waals surface area contributed by atoms with E-state index in [4.69, 9.17) is 19.6 Å². The normalized spacial score (nSPS) is 13.8. The Bertz CT molecular complexity index is 642. The lowest BCUT2D eigenvalue weighted by Gasteiger charge is -2.18. The monoisotopic (exact) mass is 361 g/mol. The highest BCUT2D eigenvalue weighted by Gasteiger charge is 2.25. The van der Waals surface area contributed by atoms with Gasteiger partial charge in [-0.2, -0.15) is 4.98 Å². The van der Waals surface area contributed by atoms with Crippen LogP contribution in [0.5, 0.6) is 0 Å². The second kappa shape index (κ2) is 8.48. The number of aromatic amines is 1. The molecule has 0 saturated heterocycles. The minimum absolute atomic E-state index is 0.0328. The molecule has 0 atom stereocenters. The summed E-state index contributed by atoms with van der Waals surface area (Å²) in [6, 6.07) is 0. The Labute approximate surface area is 140 Å². The maximum absolute atomic E-state index is 12.3. The van der Waals surface area contributed by atoms with Crippen molar-refractivity contribution in [1.29, 1.82) is 0 Å². The number of nitrogens with zero attached hydrogens (tertiary/aromatic N) is 2. The van der Waals surface area contributed by atoms with Gasteiger partial charge < -0.3 is 20.1 Å². The number of hydrogen-bond donors (Lipinski definition) is 3. The molecule has 11 heteroatoms. The third kappa shape index (κ3) is 4.70. The van der Waals surface area contributed by atoms with Crippen molar-refractivity contribution >= 4 is 25.0 Å². The molecule has 10 nitrogen and oxygen atoms in total. The molecular weight excluding hydrogens is 337 g/mol. The van der Waals surface area contributed by atoms with Gasteiger partial charge in [-0.05, 0) is 26.7 Å². The van der Waals surface area contributed by atoms with Gasteiger partial charge in [0.05, 0.1) is 26.0 Å². The Morgan fingerprint density at radius 2 is 2.00 bits per heavy atom. The zero-order chi connectivity index (χ0) is 17.6. The quantitative estimate of drug-likeness (QED) is 0.419. The summed E-state index contributed by atoms with van der Waals surface area (Å²) in [6.45, 7) is 4.97. The highest BCUT2D eigenvalue weighted by Crippen LogP contribution is 2.48. The molecule has 0 saturated carbocycles. The zero-order valence-corrected chi connectivity index (χ0v) is 14.8. The van der Waals surface area contributed by atoms with E-state index in [1.807, 2.05) is 0 Å². The molecule has 1 aromatic rings. The number of H-pyrrole nitrogens is 1. The van der Waals surface area contributed by atoms with Crippen LogP contribution in [-0.2, 0) is 18.5 Å². The largest absolute Gasteiger partial charge is 0.369 e. The second-order valence-corrected chi connectivity index (χ2v) is 7.26. The first kappa shape index (κ1) is 18.7. The number of fused-ring (bicyclic) bond motifs is 1. The fourth-order valence-electron chi connectivity index (χ4n) is 2.29. The Morgan fingerprint density at radius 1 is 1.29 bits per heavy atom. The highest BCUT2D eigenvalue weighted by atomic mass is 31.2. The number of hydrogen-bond acceptors (Lipinski definition) is 9. The number of aromatic nitrogens is 2. The Morgan fingerprint density at radius 3 is 2.67 bits per heavy atom. The van der Waals surface area contributed by atoms with Gasteiger partial charge in [0.25, 0.3) is 5.56 Å². The Kier molecular flexibility index (Phi) is 6.61. The molecule has 0 aliphatic carbocycles. The molecule has 0 fully saturated rings. The van der Waals surface area contributed by atoms with E-state index >= 15 is 0 Å². The average molecular weight is 361 g/mol. The van der Waals surface area contributed by atoms with Crippen LogP contribution in [0.4, 0.5) is 17.5 Å². The molecule has 0 unspecified atom stereocenters. The molecule has 1 aliphatic heterocycles. The van der Waals surface area contributed by atoms with Crippen molar-refractivity contribution in [3.63, 3.8) is 0 Å². The van der Waals surface area contributed by atoms with Gasteiger partial charge in [-0.3, -0.25) is 19.2 Å². The molecule has 0 aromatic carbocycles. The van der Waals surface area contributed by atoms with E-state index in [0.29, 0.717) is 57.0 Å². The van der Waals surface area contributed by atoms with Crippen molar-refractivity contribution in [3.8, 4) is 0 Å². The van der Waals surface area contributed by atoms with Crippen LogP contribution in [0.1, 0.15) is 26.7 Å². The van der Waals surface area contributed by atoms with Gasteiger partial charge in [-0.1, -0.05) is 0 Å². The smallest absolute Gasteiger partial charge is 0.330 e. The fourth-order valence-corrected chi connectivity index (χ4v) is 4.02. The first-order valence-corrected chi connectivity index (χ1v) is 9.64. The molecule has 1 aliphatic rings. The summed E-state index contributed by atoms with van der Waals surface area (Å²) in [6.07, 6.45) is 1.64. The van der Waals surface area contributed by atoms with Crippen LogP contribution in [0.3, 0.4) is 0 Å². The van der Waals surface area contributed by atoms with Crippen LogP contribution < -0.4 is 21.7 Å². The lowest BCUT2D eigenvalue weighted by atomic mass is 10.4. The summed E-state index contributed by atoms with van der Waals surface area (Å²) >= 11 is 0. The topological polar surface area (TPSA) is 132 Å². The van der Waals surface area contributed by atoms with Gasteiger partial charge in [0, 0.05) is 0 Å². The van der Waals surface area contributed by atoms with Crippen molar-refractivity contribution < 1.29 is 18.5 Å². The summed E-state index contributed by atoms with van der Waals surface area (Å²) in [5.41, 5.74) is 5.54. The summed E-state index contributed by atoms with van der Waals surface area (Å²) < 4.78 is 22.8. The molecule has 2 rings (SSSR count). The van der Waals surface area contributed by atoms with E-state index in [9.17, 15) is 9.36 Å². The van der Waals surface area contributed by atoms with Crippen LogP contribution in [0.15, 0.2) is 4.79 Å². The number of anilines is 3. The van der Waals surface area contributed by atoms with Gasteiger partial charge in [-0.25, -0.2) is 5.06 Å². The van der Waals surface area contributed by atoms with E-state index in [0.717, 1.165) is 0 Å². The molecule has 0 radical (unpaired) electrons. The lowest BCUT2D eigenvalue weighted by Crippen LogP contribution is -2.24. The maximum atomic E-state index is 12.3. The average Bonchev–Trinajstić information content (AvgIpc) is 2.91. The summed E-state index contributed by atoms with van der Waals surface area (Å²) in [7, 11) is -3.01. The summed E-state index contributed by atoms with van der Waals surface area (Å²) in [5, 5.41) is 4.38. The molecular formula is C13H24N5O5P. The van der Waals surface area contributed by atoms with Gasteiger partial charge in [0.15, 0.2) is 5.82 Å². The minimum Gasteiger partial charge on any atom is -0.369 e. The molecule has 0 spiro atoms. The first-order valence-electron chi connectivity index (χ1n) is 7.91. The van der Waals surface area contributed by atoms with E-state index < -0.39 is 7.60 Å². The number of nitrogens with one attached hydrogen (secondary N) is 2. The van der Waals surface area contributed by atoms with E-state index in [1.165, 1.54) is 5.06 Å². The third-order valence-electron chi connectivity index (χ3n) is 3.28. The highest BCUT2D eigenvalue weighted by molar-refractivity contribution is 7.53. The molecule has 1 aromatic heterocycles. The predicted octanol–water partition coefficient (Wildman–Crippen LogP) is 1.52. The van der Waals surface area contributed by atoms with Crippen LogP contribution in [0.2, 0.25) is 0 Å². The van der Waals surface area contributed by atoms with E-state index in [-0.39, 0.29) is 11.5 Å². The van der Waals surface area contributed by atoms with Crippen LogP contribution in [0.25, 0.3) is 0 Å². The molecule has 24 heavy (non-hydrogen) atoms. The predicted molar refractivity (Wildman–Crippen MR) is 91.2 cm³/mol. The van der Waals surface area contributed by atoms with Crippen molar-refractivity contribution in [2.75, 3.05) is 48.8 Å². The molecule has 0 bridgehead atoms. The molecule has 0 amide bonds. The number of rotatable bonds is 10. The number of nitrogens with two attached hydrogens (primary N) is 1. The lowest BCUT2D eigenvalue weighted by molar-refractivity contribution is 0.111. The molecule has 136 valence electrons. The van der Waals surface area contributed by atoms with E-state index in [1.54, 1.807) is 13.8 Å². The fraction of sp³-hybridized carbons (Fsp3) is 0.692. The summed E-state index contributed by atoms with van der Waals surface area (Å²) in [5.74, 6) is 0.399. The molecule has 2 heterocycles. The van der Waals surface area contributed by atoms with Crippen molar-refractivity contribution in [2.45, 2.75) is 26.7 Å². The van der Waals surface area contributed by atoms with Gasteiger partial charge in [-0.15, -0.1) is 0 Å². The third-order valence-corrected chi connectivity index (χ3v) is 5.45. The SMILES string of the molecule is CCOP(=O)(CCCCON1CNc2c1nc(N)[nH]c2=O)OCC. The summed E-state index contributed by atoms with van der Waals surface area (Å²) in [4.78, 5) is 23.8.